The van der Waals surface area contributed by atoms with Gasteiger partial charge in [-0.15, -0.1) is 0 Å². The van der Waals surface area contributed by atoms with E-state index in [1.165, 1.54) is 12.0 Å². The first-order valence-electron chi connectivity index (χ1n) is 8.82. The number of amides is 1. The summed E-state index contributed by atoms with van der Waals surface area (Å²) >= 11 is 1.74. The normalized spacial score (nSPS) is 26.4. The minimum Gasteiger partial charge on any atom is -0.347 e. The Morgan fingerprint density at radius 2 is 1.84 bits per heavy atom. The second-order valence-electron chi connectivity index (χ2n) is 6.95. The molecule has 2 unspecified atom stereocenters. The highest BCUT2D eigenvalue weighted by atomic mass is 32.2. The van der Waals surface area contributed by atoms with Crippen LogP contribution in [0.4, 0.5) is 0 Å². The van der Waals surface area contributed by atoms with E-state index < -0.39 is 9.84 Å². The van der Waals surface area contributed by atoms with E-state index in [9.17, 15) is 13.2 Å². The number of carbonyl (C=O) groups excluding carboxylic acids is 1. The molecule has 2 heterocycles. The number of likely N-dealkylation sites (tertiary alicyclic amines) is 1. The highest BCUT2D eigenvalue weighted by molar-refractivity contribution is 7.97. The lowest BCUT2D eigenvalue weighted by atomic mass is 10.0. The Hall–Kier alpha value is -1.05. The fourth-order valence-electron chi connectivity index (χ4n) is 3.75. The molecule has 2 atom stereocenters. The van der Waals surface area contributed by atoms with E-state index in [0.29, 0.717) is 5.56 Å². The molecule has 3 rings (SSSR count). The van der Waals surface area contributed by atoms with Gasteiger partial charge in [0.25, 0.3) is 5.91 Å². The third-order valence-corrected chi connectivity index (χ3v) is 7.36. The number of thioether (sulfide) groups is 1. The average Bonchev–Trinajstić information content (AvgIpc) is 2.91. The van der Waals surface area contributed by atoms with Crippen molar-refractivity contribution in [3.8, 4) is 0 Å². The van der Waals surface area contributed by atoms with E-state index in [1.807, 2.05) is 30.5 Å². The van der Waals surface area contributed by atoms with E-state index in [2.05, 4.69) is 10.2 Å². The van der Waals surface area contributed by atoms with Gasteiger partial charge in [-0.3, -0.25) is 9.69 Å². The van der Waals surface area contributed by atoms with Gasteiger partial charge in [-0.25, -0.2) is 8.42 Å². The summed E-state index contributed by atoms with van der Waals surface area (Å²) in [5, 5.41) is 2.98. The summed E-state index contributed by atoms with van der Waals surface area (Å²) in [7, 11) is -3.09. The molecule has 0 aromatic heterocycles. The quantitative estimate of drug-likeness (QED) is 0.843. The third-order valence-electron chi connectivity index (χ3n) is 5.03. The monoisotopic (exact) mass is 382 g/mol. The van der Waals surface area contributed by atoms with Crippen LogP contribution in [0.25, 0.3) is 0 Å². The lowest BCUT2D eigenvalue weighted by molar-refractivity contribution is 0.0900. The van der Waals surface area contributed by atoms with Gasteiger partial charge in [0.05, 0.1) is 17.5 Å². The van der Waals surface area contributed by atoms with Crippen molar-refractivity contribution >= 4 is 27.5 Å². The van der Waals surface area contributed by atoms with Gasteiger partial charge >= 0.3 is 0 Å². The molecule has 0 saturated carbocycles. The Morgan fingerprint density at radius 1 is 1.16 bits per heavy atom. The van der Waals surface area contributed by atoms with Crippen molar-refractivity contribution in [2.75, 3.05) is 30.9 Å². The summed E-state index contributed by atoms with van der Waals surface area (Å²) < 4.78 is 24.3. The highest BCUT2D eigenvalue weighted by Gasteiger charge is 2.41. The number of rotatable bonds is 5. The van der Waals surface area contributed by atoms with E-state index in [1.54, 1.807) is 11.8 Å². The lowest BCUT2D eigenvalue weighted by Crippen LogP contribution is -2.52. The first-order chi connectivity index (χ1) is 12.0. The summed E-state index contributed by atoms with van der Waals surface area (Å²) in [5.74, 6) is 0.939. The average molecular weight is 383 g/mol. The zero-order chi connectivity index (χ0) is 17.9. The minimum absolute atomic E-state index is 0.0461. The second-order valence-corrected chi connectivity index (χ2v) is 9.97. The molecule has 5 nitrogen and oxygen atoms in total. The van der Waals surface area contributed by atoms with E-state index in [-0.39, 0.29) is 29.5 Å². The molecule has 2 aliphatic heterocycles. The maximum absolute atomic E-state index is 12.6. The van der Waals surface area contributed by atoms with Crippen molar-refractivity contribution in [2.45, 2.75) is 37.1 Å². The maximum atomic E-state index is 12.6. The Bertz CT molecular complexity index is 698. The minimum atomic E-state index is -3.09. The van der Waals surface area contributed by atoms with Crippen molar-refractivity contribution in [1.82, 2.24) is 10.2 Å². The van der Waals surface area contributed by atoms with Gasteiger partial charge in [-0.1, -0.05) is 18.6 Å². The van der Waals surface area contributed by atoms with Crippen LogP contribution in [-0.2, 0) is 15.6 Å². The van der Waals surface area contributed by atoms with Gasteiger partial charge < -0.3 is 5.32 Å². The van der Waals surface area contributed by atoms with Crippen LogP contribution in [0, 0.1) is 0 Å². The molecule has 1 aromatic carbocycles. The van der Waals surface area contributed by atoms with E-state index in [0.717, 1.165) is 31.7 Å². The molecule has 1 aromatic rings. The first-order valence-corrected chi connectivity index (χ1v) is 12.0. The maximum Gasteiger partial charge on any atom is 0.251 e. The zero-order valence-corrected chi connectivity index (χ0v) is 16.2. The van der Waals surface area contributed by atoms with Crippen molar-refractivity contribution < 1.29 is 13.2 Å². The van der Waals surface area contributed by atoms with E-state index >= 15 is 0 Å². The second kappa shape index (κ2) is 8.10. The lowest BCUT2D eigenvalue weighted by Gasteiger charge is -2.35. The fourth-order valence-corrected chi connectivity index (χ4v) is 6.23. The number of hydrogen-bond donors (Lipinski definition) is 1. The summed E-state index contributed by atoms with van der Waals surface area (Å²) in [4.78, 5) is 14.8. The molecule has 2 saturated heterocycles. The van der Waals surface area contributed by atoms with Crippen LogP contribution >= 0.6 is 11.8 Å². The molecule has 2 fully saturated rings. The molecule has 7 heteroatoms. The van der Waals surface area contributed by atoms with Crippen LogP contribution in [0.15, 0.2) is 24.3 Å². The number of nitrogens with zero attached hydrogens (tertiary/aromatic N) is 1. The summed E-state index contributed by atoms with van der Waals surface area (Å²) in [6, 6.07) is 7.14. The van der Waals surface area contributed by atoms with Gasteiger partial charge in [-0.2, -0.15) is 11.8 Å². The first kappa shape index (κ1) is 18.7. The molecule has 2 aliphatic rings. The standard InChI is InChI=1S/C18H26N2O3S2/c1-24-11-14-5-7-15(8-6-14)18(21)19-16-12-25(22,23)13-17(16)20-9-3-2-4-10-20/h5-8,16-17H,2-4,9-13H2,1H3,(H,19,21). The Labute approximate surface area is 154 Å². The van der Waals surface area contributed by atoms with Gasteiger partial charge in [0.2, 0.25) is 0 Å². The molecule has 0 bridgehead atoms. The number of sulfone groups is 1. The van der Waals surface area contributed by atoms with Crippen molar-refractivity contribution in [3.63, 3.8) is 0 Å². The number of piperidine rings is 1. The SMILES string of the molecule is CSCc1ccc(C(=O)NC2CS(=O)(=O)CC2N2CCCCC2)cc1. The van der Waals surface area contributed by atoms with Crippen LogP contribution in [0.3, 0.4) is 0 Å². The topological polar surface area (TPSA) is 66.5 Å². The molecule has 0 aliphatic carbocycles. The number of benzene rings is 1. The molecule has 0 spiro atoms. The Balaban J connectivity index is 1.69. The molecular weight excluding hydrogens is 356 g/mol. The molecule has 1 amide bonds. The van der Waals surface area contributed by atoms with Crippen LogP contribution in [0.5, 0.6) is 0 Å². The van der Waals surface area contributed by atoms with Crippen molar-refractivity contribution in [3.05, 3.63) is 35.4 Å². The van der Waals surface area contributed by atoms with Crippen LogP contribution in [-0.4, -0.2) is 62.2 Å². The summed E-state index contributed by atoms with van der Waals surface area (Å²) in [6.45, 7) is 1.85. The van der Waals surface area contributed by atoms with Crippen LogP contribution < -0.4 is 5.32 Å². The van der Waals surface area contributed by atoms with Crippen LogP contribution in [0.2, 0.25) is 0 Å². The van der Waals surface area contributed by atoms with Crippen LogP contribution in [0.1, 0.15) is 35.2 Å². The summed E-state index contributed by atoms with van der Waals surface area (Å²) in [6.07, 6.45) is 5.46. The molecular formula is C18H26N2O3S2. The molecule has 25 heavy (non-hydrogen) atoms. The number of hydrogen-bond acceptors (Lipinski definition) is 5. The largest absolute Gasteiger partial charge is 0.347 e. The van der Waals surface area contributed by atoms with Gasteiger partial charge in [0.1, 0.15) is 0 Å². The molecule has 1 N–H and O–H groups in total. The number of carbonyl (C=O) groups is 1. The van der Waals surface area contributed by atoms with Gasteiger partial charge in [0.15, 0.2) is 9.84 Å². The fraction of sp³-hybridized carbons (Fsp3) is 0.611. The highest BCUT2D eigenvalue weighted by Crippen LogP contribution is 2.23. The third kappa shape index (κ3) is 4.77. The van der Waals surface area contributed by atoms with E-state index in [4.69, 9.17) is 0 Å². The predicted octanol–water partition coefficient (Wildman–Crippen LogP) is 1.93. The molecule has 0 radical (unpaired) electrons. The zero-order valence-electron chi connectivity index (χ0n) is 14.6. The molecule has 138 valence electrons. The Morgan fingerprint density at radius 3 is 2.48 bits per heavy atom. The summed E-state index contributed by atoms with van der Waals surface area (Å²) in [5.41, 5.74) is 1.77. The van der Waals surface area contributed by atoms with Crippen molar-refractivity contribution in [1.29, 1.82) is 0 Å². The predicted molar refractivity (Wildman–Crippen MR) is 103 cm³/mol. The smallest absolute Gasteiger partial charge is 0.251 e. The van der Waals surface area contributed by atoms with Crippen molar-refractivity contribution in [2.24, 2.45) is 0 Å². The van der Waals surface area contributed by atoms with Gasteiger partial charge in [0, 0.05) is 17.4 Å². The number of nitrogens with one attached hydrogen (secondary N) is 1. The Kier molecular flexibility index (Phi) is 6.07. The van der Waals surface area contributed by atoms with Gasteiger partial charge in [-0.05, 0) is 49.9 Å².